The number of fused-ring (bicyclic) bond motifs is 1. The van der Waals surface area contributed by atoms with Crippen LogP contribution in [0.25, 0.3) is 11.3 Å². The Kier molecular flexibility index (Phi) is 6.56. The molecule has 14 heteroatoms. The largest absolute Gasteiger partial charge is 0.435 e. The van der Waals surface area contributed by atoms with E-state index in [1.54, 1.807) is 0 Å². The number of anilines is 1. The van der Waals surface area contributed by atoms with Crippen LogP contribution < -0.4 is 16.0 Å². The fraction of sp³-hybridized carbons (Fsp3) is 0.333. The van der Waals surface area contributed by atoms with Crippen LogP contribution in [0.2, 0.25) is 5.02 Å². The molecule has 1 aliphatic carbocycles. The zero-order valence-electron chi connectivity index (χ0n) is 18.1. The molecule has 4 N–H and O–H groups in total. The summed E-state index contributed by atoms with van der Waals surface area (Å²) >= 11 is 6.28. The number of hydrogen-bond donors (Lipinski definition) is 4. The van der Waals surface area contributed by atoms with Crippen LogP contribution in [0.4, 0.5) is 18.9 Å². The van der Waals surface area contributed by atoms with E-state index in [1.165, 1.54) is 29.8 Å². The average Bonchev–Trinajstić information content (AvgIpc) is 3.26. The molecule has 3 aromatic rings. The van der Waals surface area contributed by atoms with Crippen molar-refractivity contribution in [3.05, 3.63) is 52.7 Å². The highest BCUT2D eigenvalue weighted by Crippen LogP contribution is 2.42. The van der Waals surface area contributed by atoms with Crippen molar-refractivity contribution in [3.8, 4) is 11.3 Å². The van der Waals surface area contributed by atoms with Crippen LogP contribution in [0.3, 0.4) is 0 Å². The van der Waals surface area contributed by atoms with E-state index in [0.29, 0.717) is 17.5 Å². The maximum atomic E-state index is 13.2. The summed E-state index contributed by atoms with van der Waals surface area (Å²) < 4.78 is 40.8. The number of rotatable bonds is 5. The summed E-state index contributed by atoms with van der Waals surface area (Å²) in [5.41, 5.74) is -0.666. The van der Waals surface area contributed by atoms with Gasteiger partial charge in [-0.15, -0.1) is 12.4 Å². The molecule has 1 aliphatic heterocycles. The molecule has 0 radical (unpaired) electrons. The number of amides is 2. The van der Waals surface area contributed by atoms with Crippen molar-refractivity contribution >= 4 is 41.5 Å². The van der Waals surface area contributed by atoms with Crippen molar-refractivity contribution in [1.29, 1.82) is 0 Å². The molecular formula is C21H20Cl2F3N7O2. The van der Waals surface area contributed by atoms with Crippen molar-refractivity contribution in [3.63, 3.8) is 0 Å². The fourth-order valence-corrected chi connectivity index (χ4v) is 4.66. The van der Waals surface area contributed by atoms with Crippen molar-refractivity contribution in [2.75, 3.05) is 18.4 Å². The van der Waals surface area contributed by atoms with Gasteiger partial charge in [0.2, 0.25) is 0 Å². The number of aromatic nitrogens is 4. The summed E-state index contributed by atoms with van der Waals surface area (Å²) in [4.78, 5) is 29.2. The number of nitrogens with zero attached hydrogens (tertiary/aromatic N) is 3. The smallest absolute Gasteiger partial charge is 0.349 e. The lowest BCUT2D eigenvalue weighted by molar-refractivity contribution is -0.140. The standard InChI is InChI=1S/C21H19ClF3N7O2.ClH/c1-32-15(13-7-28-31-17(13)21(23,24)25)8-27-18(32)20(34)29-9-2-3-10(14(22)4-9)19(33)30-16-11-5-26-6-12(11)16;/h2-4,7-8,11-12,16,26H,5-6H2,1H3,(H,28,31)(H,29,34)(H,30,33);1H/t11-,12+,16+;. The SMILES string of the molecule is Cl.Cn1c(-c2c[nH]nc2C(F)(F)F)cnc1C(=O)Nc1ccc(C(=O)N[C@H]2[C@@H]3CNC[C@@H]32)c(Cl)c1. The van der Waals surface area contributed by atoms with Crippen LogP contribution in [0, 0.1) is 11.8 Å². The highest BCUT2D eigenvalue weighted by Gasteiger charge is 2.53. The summed E-state index contributed by atoms with van der Waals surface area (Å²) in [5.74, 6) is -0.137. The Morgan fingerprint density at radius 1 is 1.20 bits per heavy atom. The minimum absolute atomic E-state index is 0. The molecule has 2 fully saturated rings. The maximum absolute atomic E-state index is 13.2. The first-order valence-corrected chi connectivity index (χ1v) is 10.8. The van der Waals surface area contributed by atoms with Gasteiger partial charge < -0.3 is 20.5 Å². The van der Waals surface area contributed by atoms with E-state index < -0.39 is 17.8 Å². The van der Waals surface area contributed by atoms with Crippen molar-refractivity contribution in [1.82, 2.24) is 30.4 Å². The number of carbonyl (C=O) groups is 2. The Balaban J connectivity index is 0.00000289. The predicted octanol–water partition coefficient (Wildman–Crippen LogP) is 3.10. The van der Waals surface area contributed by atoms with Gasteiger partial charge in [0.25, 0.3) is 11.8 Å². The molecule has 2 aromatic heterocycles. The van der Waals surface area contributed by atoms with E-state index >= 15 is 0 Å². The number of aromatic amines is 1. The maximum Gasteiger partial charge on any atom is 0.435 e. The zero-order valence-corrected chi connectivity index (χ0v) is 19.7. The lowest BCUT2D eigenvalue weighted by Crippen LogP contribution is -2.32. The number of imidazole rings is 1. The van der Waals surface area contributed by atoms with Crippen molar-refractivity contribution in [2.24, 2.45) is 18.9 Å². The summed E-state index contributed by atoms with van der Waals surface area (Å²) in [6.07, 6.45) is -2.41. The van der Waals surface area contributed by atoms with E-state index in [4.69, 9.17) is 11.6 Å². The Bertz CT molecular complexity index is 1280. The molecule has 0 unspecified atom stereocenters. The van der Waals surface area contributed by atoms with Gasteiger partial charge in [-0.2, -0.15) is 18.3 Å². The highest BCUT2D eigenvalue weighted by molar-refractivity contribution is 6.34. The monoisotopic (exact) mass is 529 g/mol. The summed E-state index contributed by atoms with van der Waals surface area (Å²) in [7, 11) is 1.42. The van der Waals surface area contributed by atoms with Gasteiger partial charge in [0.15, 0.2) is 11.5 Å². The minimum Gasteiger partial charge on any atom is -0.349 e. The summed E-state index contributed by atoms with van der Waals surface area (Å²) in [5, 5.41) is 14.5. The number of alkyl halides is 3. The van der Waals surface area contributed by atoms with Gasteiger partial charge in [0.1, 0.15) is 0 Å². The van der Waals surface area contributed by atoms with Gasteiger partial charge in [0.05, 0.1) is 28.0 Å². The van der Waals surface area contributed by atoms with E-state index in [1.807, 2.05) is 0 Å². The number of hydrogen-bond acceptors (Lipinski definition) is 5. The second-order valence-electron chi connectivity index (χ2n) is 8.31. The summed E-state index contributed by atoms with van der Waals surface area (Å²) in [6, 6.07) is 4.62. The molecule has 2 amide bonds. The molecule has 0 spiro atoms. The number of H-pyrrole nitrogens is 1. The van der Waals surface area contributed by atoms with Gasteiger partial charge in [-0.1, -0.05) is 11.6 Å². The Morgan fingerprint density at radius 3 is 2.57 bits per heavy atom. The summed E-state index contributed by atoms with van der Waals surface area (Å²) in [6.45, 7) is 1.78. The van der Waals surface area contributed by atoms with Gasteiger partial charge in [-0.05, 0) is 30.0 Å². The quantitative estimate of drug-likeness (QED) is 0.405. The number of nitrogens with one attached hydrogen (secondary N) is 4. The van der Waals surface area contributed by atoms with Crippen molar-refractivity contribution < 1.29 is 22.8 Å². The van der Waals surface area contributed by atoms with Gasteiger partial charge in [-0.3, -0.25) is 14.7 Å². The first kappa shape index (κ1) is 25.0. The molecule has 186 valence electrons. The molecule has 3 heterocycles. The van der Waals surface area contributed by atoms with Gasteiger partial charge in [-0.25, -0.2) is 4.98 Å². The van der Waals surface area contributed by atoms with E-state index in [9.17, 15) is 22.8 Å². The Hall–Kier alpha value is -3.09. The third-order valence-corrected chi connectivity index (χ3v) is 6.55. The first-order valence-electron chi connectivity index (χ1n) is 10.4. The number of carbonyl (C=O) groups excluding carboxylic acids is 2. The molecule has 1 saturated carbocycles. The normalized spacial score (nSPS) is 20.7. The third kappa shape index (κ3) is 4.60. The van der Waals surface area contributed by atoms with Crippen LogP contribution >= 0.6 is 24.0 Å². The fourth-order valence-electron chi connectivity index (χ4n) is 4.40. The molecule has 3 atom stereocenters. The zero-order chi connectivity index (χ0) is 24.2. The van der Waals surface area contributed by atoms with Crippen LogP contribution in [0.5, 0.6) is 0 Å². The molecule has 1 saturated heterocycles. The second kappa shape index (κ2) is 9.17. The molecule has 35 heavy (non-hydrogen) atoms. The minimum atomic E-state index is -4.66. The number of piperidine rings is 1. The van der Waals surface area contributed by atoms with Gasteiger partial charge >= 0.3 is 6.18 Å². The van der Waals surface area contributed by atoms with Crippen LogP contribution in [-0.2, 0) is 13.2 Å². The van der Waals surface area contributed by atoms with E-state index in [0.717, 1.165) is 25.5 Å². The van der Waals surface area contributed by atoms with Gasteiger partial charge in [0, 0.05) is 38.1 Å². The Morgan fingerprint density at radius 2 is 1.91 bits per heavy atom. The number of benzene rings is 1. The highest BCUT2D eigenvalue weighted by atomic mass is 35.5. The second-order valence-corrected chi connectivity index (χ2v) is 8.71. The third-order valence-electron chi connectivity index (χ3n) is 6.24. The molecule has 5 rings (SSSR count). The molecule has 2 aliphatic rings. The van der Waals surface area contributed by atoms with Crippen LogP contribution in [0.15, 0.2) is 30.6 Å². The molecule has 1 aromatic carbocycles. The first-order chi connectivity index (χ1) is 16.1. The lowest BCUT2D eigenvalue weighted by atomic mass is 10.2. The lowest BCUT2D eigenvalue weighted by Gasteiger charge is -2.11. The number of halogens is 5. The molecule has 9 nitrogen and oxygen atoms in total. The Labute approximate surface area is 208 Å². The molecular weight excluding hydrogens is 510 g/mol. The molecule has 0 bridgehead atoms. The average molecular weight is 530 g/mol. The van der Waals surface area contributed by atoms with E-state index in [-0.39, 0.29) is 52.0 Å². The van der Waals surface area contributed by atoms with Crippen LogP contribution in [-0.4, -0.2) is 50.7 Å². The predicted molar refractivity (Wildman–Crippen MR) is 124 cm³/mol. The topological polar surface area (TPSA) is 117 Å². The van der Waals surface area contributed by atoms with Crippen LogP contribution in [0.1, 0.15) is 26.7 Å². The van der Waals surface area contributed by atoms with Crippen molar-refractivity contribution in [2.45, 2.75) is 12.2 Å². The van der Waals surface area contributed by atoms with E-state index in [2.05, 4.69) is 31.1 Å².